The minimum absolute atomic E-state index is 0.514. The minimum Gasteiger partial charge on any atom is -0.390 e. The first kappa shape index (κ1) is 9.20. The molecule has 66 valence electrons. The third-order valence-corrected chi connectivity index (χ3v) is 2.12. The molecular weight excluding hydrogens is 155 g/mol. The van der Waals surface area contributed by atoms with Gasteiger partial charge in [0.15, 0.2) is 5.67 Å². The lowest BCUT2D eigenvalue weighted by Crippen LogP contribution is -2.29. The van der Waals surface area contributed by atoms with Crippen molar-refractivity contribution in [3.8, 4) is 0 Å². The highest BCUT2D eigenvalue weighted by molar-refractivity contribution is 5.22. The van der Waals surface area contributed by atoms with Crippen LogP contribution in [0.5, 0.6) is 0 Å². The van der Waals surface area contributed by atoms with E-state index in [2.05, 4.69) is 0 Å². The maximum atomic E-state index is 13.7. The van der Waals surface area contributed by atoms with E-state index in [1.807, 2.05) is 6.07 Å². The third-order valence-electron chi connectivity index (χ3n) is 2.12. The number of hydrogen-bond donors (Lipinski definition) is 1. The van der Waals surface area contributed by atoms with Crippen LogP contribution in [-0.4, -0.2) is 11.2 Å². The number of halogens is 1. The fourth-order valence-electron chi connectivity index (χ4n) is 1.01. The summed E-state index contributed by atoms with van der Waals surface area (Å²) in [7, 11) is 0. The van der Waals surface area contributed by atoms with Gasteiger partial charge < -0.3 is 5.11 Å². The molecule has 0 saturated carbocycles. The topological polar surface area (TPSA) is 20.2 Å². The van der Waals surface area contributed by atoms with Gasteiger partial charge in [0.05, 0.1) is 6.10 Å². The lowest BCUT2D eigenvalue weighted by atomic mass is 9.93. The Labute approximate surface area is 71.9 Å². The highest BCUT2D eigenvalue weighted by Gasteiger charge is 2.31. The molecular formula is C10H13FO. The molecule has 2 atom stereocenters. The van der Waals surface area contributed by atoms with Gasteiger partial charge in [0.2, 0.25) is 0 Å². The molecule has 1 aromatic rings. The lowest BCUT2D eigenvalue weighted by molar-refractivity contribution is 0.0136. The average molecular weight is 168 g/mol. The SMILES string of the molecule is C[C@H](O)[C@@](C)(F)c1ccccc1. The first-order valence-electron chi connectivity index (χ1n) is 3.97. The summed E-state index contributed by atoms with van der Waals surface area (Å²) in [6.45, 7) is 2.83. The maximum absolute atomic E-state index is 13.7. The first-order valence-corrected chi connectivity index (χ1v) is 3.97. The van der Waals surface area contributed by atoms with Crippen LogP contribution in [-0.2, 0) is 5.67 Å². The van der Waals surface area contributed by atoms with Crippen LogP contribution in [0.2, 0.25) is 0 Å². The molecule has 0 aliphatic rings. The van der Waals surface area contributed by atoms with Gasteiger partial charge in [-0.2, -0.15) is 0 Å². The number of hydrogen-bond acceptors (Lipinski definition) is 1. The Balaban J connectivity index is 2.98. The number of aliphatic hydroxyl groups excluding tert-OH is 1. The van der Waals surface area contributed by atoms with Gasteiger partial charge in [-0.05, 0) is 19.4 Å². The molecule has 0 spiro atoms. The van der Waals surface area contributed by atoms with Gasteiger partial charge in [-0.1, -0.05) is 30.3 Å². The van der Waals surface area contributed by atoms with Gasteiger partial charge in [-0.3, -0.25) is 0 Å². The monoisotopic (exact) mass is 168 g/mol. The minimum atomic E-state index is -1.65. The van der Waals surface area contributed by atoms with Gasteiger partial charge in [0, 0.05) is 0 Å². The van der Waals surface area contributed by atoms with Crippen LogP contribution in [0.3, 0.4) is 0 Å². The normalized spacial score (nSPS) is 18.3. The lowest BCUT2D eigenvalue weighted by Gasteiger charge is -2.23. The van der Waals surface area contributed by atoms with Crippen LogP contribution in [0.15, 0.2) is 30.3 Å². The van der Waals surface area contributed by atoms with Gasteiger partial charge in [0.1, 0.15) is 0 Å². The Kier molecular flexibility index (Phi) is 2.48. The standard InChI is InChI=1S/C10H13FO/c1-8(12)10(2,11)9-6-4-3-5-7-9/h3-8,12H,1-2H3/t8-,10+/m0/s1. The first-order chi connectivity index (χ1) is 5.55. The molecule has 0 heterocycles. The molecule has 0 saturated heterocycles. The predicted octanol–water partition coefficient (Wildman–Crippen LogP) is 2.25. The number of alkyl halides is 1. The maximum Gasteiger partial charge on any atom is 0.158 e. The van der Waals surface area contributed by atoms with Crippen molar-refractivity contribution in [2.24, 2.45) is 0 Å². The summed E-state index contributed by atoms with van der Waals surface area (Å²) in [5.41, 5.74) is -1.14. The highest BCUT2D eigenvalue weighted by Crippen LogP contribution is 2.28. The average Bonchev–Trinajstić information content (AvgIpc) is 2.06. The van der Waals surface area contributed by atoms with Crippen molar-refractivity contribution in [1.29, 1.82) is 0 Å². The van der Waals surface area contributed by atoms with Crippen molar-refractivity contribution < 1.29 is 9.50 Å². The van der Waals surface area contributed by atoms with Crippen molar-refractivity contribution >= 4 is 0 Å². The van der Waals surface area contributed by atoms with Crippen LogP contribution in [0.1, 0.15) is 19.4 Å². The van der Waals surface area contributed by atoms with Gasteiger partial charge in [-0.15, -0.1) is 0 Å². The van der Waals surface area contributed by atoms with Gasteiger partial charge >= 0.3 is 0 Å². The van der Waals surface area contributed by atoms with E-state index in [4.69, 9.17) is 5.11 Å². The predicted molar refractivity (Wildman–Crippen MR) is 46.6 cm³/mol. The molecule has 0 radical (unpaired) electrons. The van der Waals surface area contributed by atoms with Crippen molar-refractivity contribution in [3.63, 3.8) is 0 Å². The molecule has 12 heavy (non-hydrogen) atoms. The highest BCUT2D eigenvalue weighted by atomic mass is 19.1. The van der Waals surface area contributed by atoms with Crippen molar-refractivity contribution in [2.75, 3.05) is 0 Å². The summed E-state index contributed by atoms with van der Waals surface area (Å²) >= 11 is 0. The Bertz CT molecular complexity index is 241. The third kappa shape index (κ3) is 1.64. The van der Waals surface area contributed by atoms with E-state index in [0.29, 0.717) is 5.56 Å². The zero-order valence-corrected chi connectivity index (χ0v) is 7.29. The second-order valence-electron chi connectivity index (χ2n) is 3.12. The van der Waals surface area contributed by atoms with Crippen LogP contribution < -0.4 is 0 Å². The van der Waals surface area contributed by atoms with Crippen molar-refractivity contribution in [1.82, 2.24) is 0 Å². The smallest absolute Gasteiger partial charge is 0.158 e. The second kappa shape index (κ2) is 3.23. The zero-order chi connectivity index (χ0) is 9.19. The molecule has 0 aliphatic carbocycles. The van der Waals surface area contributed by atoms with E-state index >= 15 is 0 Å². The second-order valence-corrected chi connectivity index (χ2v) is 3.12. The Morgan fingerprint density at radius 3 is 2.25 bits per heavy atom. The van der Waals surface area contributed by atoms with Crippen LogP contribution >= 0.6 is 0 Å². The van der Waals surface area contributed by atoms with E-state index in [0.717, 1.165) is 0 Å². The summed E-state index contributed by atoms with van der Waals surface area (Å²) < 4.78 is 13.7. The van der Waals surface area contributed by atoms with Crippen molar-refractivity contribution in [3.05, 3.63) is 35.9 Å². The molecule has 1 aromatic carbocycles. The zero-order valence-electron chi connectivity index (χ0n) is 7.29. The number of benzene rings is 1. The van der Waals surface area contributed by atoms with Crippen LogP contribution in [0.4, 0.5) is 4.39 Å². The Morgan fingerprint density at radius 1 is 1.33 bits per heavy atom. The van der Waals surface area contributed by atoms with E-state index < -0.39 is 11.8 Å². The van der Waals surface area contributed by atoms with Gasteiger partial charge in [-0.25, -0.2) is 4.39 Å². The molecule has 1 N–H and O–H groups in total. The number of aliphatic hydroxyl groups is 1. The summed E-state index contributed by atoms with van der Waals surface area (Å²) in [6, 6.07) is 8.69. The summed E-state index contributed by atoms with van der Waals surface area (Å²) in [5.74, 6) is 0. The Hall–Kier alpha value is -0.890. The molecule has 0 fully saturated rings. The molecule has 0 aromatic heterocycles. The molecule has 0 aliphatic heterocycles. The van der Waals surface area contributed by atoms with Crippen LogP contribution in [0, 0.1) is 0 Å². The van der Waals surface area contributed by atoms with Crippen LogP contribution in [0.25, 0.3) is 0 Å². The van der Waals surface area contributed by atoms with E-state index in [9.17, 15) is 4.39 Å². The summed E-state index contributed by atoms with van der Waals surface area (Å²) in [6.07, 6.45) is -0.986. The Morgan fingerprint density at radius 2 is 1.83 bits per heavy atom. The molecule has 2 heteroatoms. The fourth-order valence-corrected chi connectivity index (χ4v) is 1.01. The summed E-state index contributed by atoms with van der Waals surface area (Å²) in [4.78, 5) is 0. The van der Waals surface area contributed by atoms with E-state index in [1.165, 1.54) is 13.8 Å². The fraction of sp³-hybridized carbons (Fsp3) is 0.400. The van der Waals surface area contributed by atoms with E-state index in [1.54, 1.807) is 24.3 Å². The summed E-state index contributed by atoms with van der Waals surface area (Å²) in [5, 5.41) is 9.16. The van der Waals surface area contributed by atoms with Gasteiger partial charge in [0.25, 0.3) is 0 Å². The molecule has 0 unspecified atom stereocenters. The molecule has 1 rings (SSSR count). The molecule has 0 amide bonds. The quantitative estimate of drug-likeness (QED) is 0.718. The molecule has 1 nitrogen and oxygen atoms in total. The van der Waals surface area contributed by atoms with E-state index in [-0.39, 0.29) is 0 Å². The van der Waals surface area contributed by atoms with Crippen molar-refractivity contribution in [2.45, 2.75) is 25.6 Å². The molecule has 0 bridgehead atoms. The number of rotatable bonds is 2. The largest absolute Gasteiger partial charge is 0.390 e.